The molecule has 0 saturated heterocycles. The van der Waals surface area contributed by atoms with E-state index in [1.807, 2.05) is 30.6 Å². The highest BCUT2D eigenvalue weighted by Gasteiger charge is 2.04. The summed E-state index contributed by atoms with van der Waals surface area (Å²) in [4.78, 5) is 0. The van der Waals surface area contributed by atoms with Crippen LogP contribution in [0.4, 0.5) is 0 Å². The van der Waals surface area contributed by atoms with Gasteiger partial charge >= 0.3 is 0 Å². The van der Waals surface area contributed by atoms with Crippen LogP contribution in [0.2, 0.25) is 0 Å². The molecule has 0 aliphatic rings. The third-order valence-corrected chi connectivity index (χ3v) is 2.05. The second-order valence-electron chi connectivity index (χ2n) is 3.00. The number of hydrogen-bond acceptors (Lipinski definition) is 3. The van der Waals surface area contributed by atoms with E-state index < -0.39 is 0 Å². The Balaban J connectivity index is 2.63. The zero-order chi connectivity index (χ0) is 9.26. The molecule has 2 heterocycles. The lowest BCUT2D eigenvalue weighted by atomic mass is 10.2. The largest absolute Gasteiger partial charge is 0.316 e. The quantitative estimate of drug-likeness (QED) is 0.734. The van der Waals surface area contributed by atoms with Crippen molar-refractivity contribution in [2.45, 2.75) is 13.5 Å². The lowest BCUT2D eigenvalue weighted by molar-refractivity contribution is 0.816. The van der Waals surface area contributed by atoms with Crippen molar-refractivity contribution < 1.29 is 0 Å². The highest BCUT2D eigenvalue weighted by atomic mass is 15.2. The summed E-state index contributed by atoms with van der Waals surface area (Å²) in [6, 6.07) is 4.07. The Labute approximate surface area is 76.6 Å². The monoisotopic (exact) mass is 176 g/mol. The summed E-state index contributed by atoms with van der Waals surface area (Å²) < 4.78 is 1.99. The topological polar surface area (TPSA) is 42.2 Å². The fourth-order valence-electron chi connectivity index (χ4n) is 1.41. The van der Waals surface area contributed by atoms with Crippen LogP contribution in [0.15, 0.2) is 18.3 Å². The van der Waals surface area contributed by atoms with Crippen molar-refractivity contribution >= 4 is 5.65 Å². The van der Waals surface area contributed by atoms with Crippen LogP contribution in [-0.4, -0.2) is 21.6 Å². The van der Waals surface area contributed by atoms with Gasteiger partial charge in [-0.2, -0.15) is 0 Å². The van der Waals surface area contributed by atoms with E-state index >= 15 is 0 Å². The fraction of sp³-hybridized carbons (Fsp3) is 0.333. The molecule has 4 heteroatoms. The molecule has 0 aliphatic heterocycles. The average molecular weight is 176 g/mol. The minimum Gasteiger partial charge on any atom is -0.316 e. The second kappa shape index (κ2) is 3.14. The Kier molecular flexibility index (Phi) is 1.98. The van der Waals surface area contributed by atoms with Crippen molar-refractivity contribution in [1.82, 2.24) is 19.9 Å². The number of fused-ring (bicyclic) bond motifs is 1. The highest BCUT2D eigenvalue weighted by Crippen LogP contribution is 2.08. The van der Waals surface area contributed by atoms with Gasteiger partial charge in [-0.05, 0) is 20.0 Å². The van der Waals surface area contributed by atoms with Crippen molar-refractivity contribution in [3.8, 4) is 0 Å². The van der Waals surface area contributed by atoms with E-state index in [4.69, 9.17) is 0 Å². The molecule has 0 unspecified atom stereocenters. The van der Waals surface area contributed by atoms with Gasteiger partial charge in [0.1, 0.15) is 5.82 Å². The standard InChI is InChI=1S/C9H12N4/c1-7-11-12-9-8(6-10-2)4-3-5-13(7)9/h3-5,10H,6H2,1-2H3. The van der Waals surface area contributed by atoms with E-state index in [-0.39, 0.29) is 0 Å². The molecule has 0 aliphatic carbocycles. The van der Waals surface area contributed by atoms with Gasteiger partial charge in [-0.3, -0.25) is 4.40 Å². The molecule has 2 aromatic rings. The molecule has 0 atom stereocenters. The van der Waals surface area contributed by atoms with Gasteiger partial charge in [-0.1, -0.05) is 6.07 Å². The van der Waals surface area contributed by atoms with Crippen molar-refractivity contribution in [3.63, 3.8) is 0 Å². The van der Waals surface area contributed by atoms with E-state index in [1.165, 1.54) is 5.56 Å². The molecule has 0 radical (unpaired) electrons. The summed E-state index contributed by atoms with van der Waals surface area (Å²) in [7, 11) is 1.92. The third-order valence-electron chi connectivity index (χ3n) is 2.05. The van der Waals surface area contributed by atoms with Gasteiger partial charge in [0, 0.05) is 18.3 Å². The van der Waals surface area contributed by atoms with Crippen molar-refractivity contribution in [1.29, 1.82) is 0 Å². The van der Waals surface area contributed by atoms with Crippen molar-refractivity contribution in [2.24, 2.45) is 0 Å². The Morgan fingerprint density at radius 3 is 3.08 bits per heavy atom. The third kappa shape index (κ3) is 1.29. The first-order valence-corrected chi connectivity index (χ1v) is 4.27. The summed E-state index contributed by atoms with van der Waals surface area (Å²) >= 11 is 0. The minimum absolute atomic E-state index is 0.822. The lowest BCUT2D eigenvalue weighted by Gasteiger charge is -2.01. The number of nitrogens with one attached hydrogen (secondary N) is 1. The number of rotatable bonds is 2. The van der Waals surface area contributed by atoms with Crippen molar-refractivity contribution in [3.05, 3.63) is 29.7 Å². The van der Waals surface area contributed by atoms with E-state index in [2.05, 4.69) is 21.6 Å². The van der Waals surface area contributed by atoms with E-state index in [1.54, 1.807) is 0 Å². The minimum atomic E-state index is 0.822. The lowest BCUT2D eigenvalue weighted by Crippen LogP contribution is -2.06. The fourth-order valence-corrected chi connectivity index (χ4v) is 1.41. The van der Waals surface area contributed by atoms with Gasteiger partial charge in [0.25, 0.3) is 0 Å². The zero-order valence-corrected chi connectivity index (χ0v) is 7.78. The van der Waals surface area contributed by atoms with E-state index in [0.29, 0.717) is 0 Å². The Morgan fingerprint density at radius 2 is 2.31 bits per heavy atom. The van der Waals surface area contributed by atoms with Crippen LogP contribution in [-0.2, 0) is 6.54 Å². The maximum Gasteiger partial charge on any atom is 0.165 e. The molecule has 4 nitrogen and oxygen atoms in total. The predicted octanol–water partition coefficient (Wildman–Crippen LogP) is 0.757. The molecular formula is C9H12N4. The highest BCUT2D eigenvalue weighted by molar-refractivity contribution is 5.47. The molecule has 0 spiro atoms. The summed E-state index contributed by atoms with van der Waals surface area (Å²) in [5, 5.41) is 11.2. The molecule has 2 rings (SSSR count). The molecular weight excluding hydrogens is 164 g/mol. The van der Waals surface area contributed by atoms with Crippen molar-refractivity contribution in [2.75, 3.05) is 7.05 Å². The molecule has 0 fully saturated rings. The van der Waals surface area contributed by atoms with Crippen LogP contribution in [0.3, 0.4) is 0 Å². The number of hydrogen-bond donors (Lipinski definition) is 1. The van der Waals surface area contributed by atoms with Crippen LogP contribution >= 0.6 is 0 Å². The molecule has 1 N–H and O–H groups in total. The molecule has 0 bridgehead atoms. The van der Waals surface area contributed by atoms with Gasteiger partial charge < -0.3 is 5.32 Å². The first kappa shape index (κ1) is 8.19. The van der Waals surface area contributed by atoms with E-state index in [0.717, 1.165) is 18.0 Å². The number of aromatic nitrogens is 3. The van der Waals surface area contributed by atoms with Crippen LogP contribution in [0.25, 0.3) is 5.65 Å². The Bertz CT molecular complexity index is 418. The van der Waals surface area contributed by atoms with Gasteiger partial charge in [-0.25, -0.2) is 0 Å². The normalized spacial score (nSPS) is 10.9. The molecule has 2 aromatic heterocycles. The average Bonchev–Trinajstić information content (AvgIpc) is 2.50. The molecule has 13 heavy (non-hydrogen) atoms. The predicted molar refractivity (Wildman–Crippen MR) is 50.5 cm³/mol. The Hall–Kier alpha value is -1.42. The number of aryl methyl sites for hydroxylation is 1. The number of pyridine rings is 1. The van der Waals surface area contributed by atoms with Gasteiger partial charge in [0.2, 0.25) is 0 Å². The van der Waals surface area contributed by atoms with Crippen LogP contribution < -0.4 is 5.32 Å². The van der Waals surface area contributed by atoms with Gasteiger partial charge in [0.15, 0.2) is 5.65 Å². The van der Waals surface area contributed by atoms with Gasteiger partial charge in [0.05, 0.1) is 0 Å². The SMILES string of the molecule is CNCc1cccn2c(C)nnc12. The summed E-state index contributed by atoms with van der Waals surface area (Å²) in [5.74, 6) is 0.924. The molecule has 68 valence electrons. The smallest absolute Gasteiger partial charge is 0.165 e. The Morgan fingerprint density at radius 1 is 1.46 bits per heavy atom. The zero-order valence-electron chi connectivity index (χ0n) is 7.78. The first-order chi connectivity index (χ1) is 6.33. The van der Waals surface area contributed by atoms with E-state index in [9.17, 15) is 0 Å². The molecule has 0 aromatic carbocycles. The van der Waals surface area contributed by atoms with Crippen LogP contribution in [0.1, 0.15) is 11.4 Å². The maximum absolute atomic E-state index is 4.11. The van der Waals surface area contributed by atoms with Gasteiger partial charge in [-0.15, -0.1) is 10.2 Å². The maximum atomic E-state index is 4.11. The summed E-state index contributed by atoms with van der Waals surface area (Å²) in [6.45, 7) is 2.77. The molecule has 0 amide bonds. The number of nitrogens with zero attached hydrogens (tertiary/aromatic N) is 3. The van der Waals surface area contributed by atoms with Crippen LogP contribution in [0.5, 0.6) is 0 Å². The van der Waals surface area contributed by atoms with Crippen LogP contribution in [0, 0.1) is 6.92 Å². The second-order valence-corrected chi connectivity index (χ2v) is 3.00. The summed E-state index contributed by atoms with van der Waals surface area (Å²) in [6.07, 6.45) is 1.98. The molecule has 0 saturated carbocycles. The first-order valence-electron chi connectivity index (χ1n) is 4.27. The summed E-state index contributed by atoms with van der Waals surface area (Å²) in [5.41, 5.74) is 2.11.